The van der Waals surface area contributed by atoms with E-state index in [9.17, 15) is 5.11 Å². The average Bonchev–Trinajstić information content (AvgIpc) is 3.09. The number of benzene rings is 2. The maximum Gasteiger partial charge on any atom is 0.175 e. The first-order valence-electron chi connectivity index (χ1n) is 9.35. The zero-order valence-electron chi connectivity index (χ0n) is 15.3. The summed E-state index contributed by atoms with van der Waals surface area (Å²) in [5.41, 5.74) is 0.443. The molecule has 1 aromatic heterocycles. The summed E-state index contributed by atoms with van der Waals surface area (Å²) in [5.74, 6) is 0.490. The lowest BCUT2D eigenvalue weighted by Gasteiger charge is -2.40. The summed E-state index contributed by atoms with van der Waals surface area (Å²) in [6, 6.07) is 20.1. The minimum absolute atomic E-state index is 0.0251. The molecule has 1 fully saturated rings. The first kappa shape index (κ1) is 18.2. The molecule has 142 valence electrons. The zero-order valence-corrected chi connectivity index (χ0v) is 17.6. The summed E-state index contributed by atoms with van der Waals surface area (Å²) in [5, 5.41) is 12.7. The van der Waals surface area contributed by atoms with Crippen LogP contribution in [0.3, 0.4) is 0 Å². The zero-order chi connectivity index (χ0) is 19.5. The fourth-order valence-corrected chi connectivity index (χ4v) is 5.48. The third-order valence-electron chi connectivity index (χ3n) is 6.29. The van der Waals surface area contributed by atoms with Crippen molar-refractivity contribution >= 4 is 27.5 Å². The topological polar surface area (TPSA) is 42.4 Å². The maximum absolute atomic E-state index is 12.2. The summed E-state index contributed by atoms with van der Waals surface area (Å²) >= 11 is 9.71. The summed E-state index contributed by atoms with van der Waals surface area (Å²) in [7, 11) is 0. The Morgan fingerprint density at radius 3 is 2.57 bits per heavy atom. The Bertz CT molecular complexity index is 1040. The monoisotopic (exact) mass is 455 g/mol. The molecule has 2 heterocycles. The van der Waals surface area contributed by atoms with E-state index in [-0.39, 0.29) is 11.8 Å². The number of nitrogens with zero attached hydrogens (tertiary/aromatic N) is 1. The van der Waals surface area contributed by atoms with Crippen molar-refractivity contribution in [2.24, 2.45) is 5.92 Å². The number of pyridine rings is 1. The molecule has 4 atom stereocenters. The Morgan fingerprint density at radius 2 is 1.86 bits per heavy atom. The van der Waals surface area contributed by atoms with Crippen molar-refractivity contribution in [2.75, 3.05) is 0 Å². The van der Waals surface area contributed by atoms with Gasteiger partial charge < -0.3 is 9.84 Å². The molecule has 1 saturated carbocycles. The SMILES string of the molecule is C[C@@H]1C[C@@H](c2ccccc2)[C@]2(c3ccc(Br)cc3)Oc3cc(Cl)cnc3[C@]12O. The van der Waals surface area contributed by atoms with Crippen LogP contribution in [0.15, 0.2) is 71.3 Å². The van der Waals surface area contributed by atoms with E-state index in [1.165, 1.54) is 0 Å². The average molecular weight is 457 g/mol. The Balaban J connectivity index is 1.80. The van der Waals surface area contributed by atoms with Gasteiger partial charge in [-0.1, -0.05) is 76.9 Å². The van der Waals surface area contributed by atoms with Crippen LogP contribution in [0.25, 0.3) is 0 Å². The van der Waals surface area contributed by atoms with Gasteiger partial charge in [0, 0.05) is 22.7 Å². The van der Waals surface area contributed by atoms with Gasteiger partial charge >= 0.3 is 0 Å². The molecule has 28 heavy (non-hydrogen) atoms. The van der Waals surface area contributed by atoms with Gasteiger partial charge in [0.15, 0.2) is 11.2 Å². The first-order chi connectivity index (χ1) is 13.5. The van der Waals surface area contributed by atoms with Gasteiger partial charge in [-0.25, -0.2) is 0 Å². The molecule has 1 N–H and O–H groups in total. The highest BCUT2D eigenvalue weighted by molar-refractivity contribution is 9.10. The minimum Gasteiger partial charge on any atom is -0.476 e. The van der Waals surface area contributed by atoms with Crippen LogP contribution >= 0.6 is 27.5 Å². The molecule has 3 aromatic rings. The van der Waals surface area contributed by atoms with Crippen LogP contribution < -0.4 is 4.74 Å². The highest BCUT2D eigenvalue weighted by Crippen LogP contribution is 2.68. The highest BCUT2D eigenvalue weighted by atomic mass is 79.9. The van der Waals surface area contributed by atoms with E-state index < -0.39 is 11.2 Å². The predicted molar refractivity (Wildman–Crippen MR) is 113 cm³/mol. The quantitative estimate of drug-likeness (QED) is 0.530. The third kappa shape index (κ3) is 2.28. The van der Waals surface area contributed by atoms with Crippen LogP contribution in [0.5, 0.6) is 5.75 Å². The molecule has 5 rings (SSSR count). The van der Waals surface area contributed by atoms with Gasteiger partial charge in [-0.05, 0) is 35.6 Å². The van der Waals surface area contributed by atoms with Crippen LogP contribution in [0, 0.1) is 5.92 Å². The molecule has 1 aliphatic carbocycles. The van der Waals surface area contributed by atoms with E-state index in [1.54, 1.807) is 12.3 Å². The van der Waals surface area contributed by atoms with Crippen molar-refractivity contribution in [1.82, 2.24) is 4.98 Å². The van der Waals surface area contributed by atoms with Crippen molar-refractivity contribution < 1.29 is 9.84 Å². The first-order valence-corrected chi connectivity index (χ1v) is 10.5. The Labute approximate surface area is 177 Å². The number of aromatic nitrogens is 1. The maximum atomic E-state index is 12.2. The lowest BCUT2D eigenvalue weighted by Crippen LogP contribution is -2.50. The van der Waals surface area contributed by atoms with Gasteiger partial charge in [0.25, 0.3) is 0 Å². The summed E-state index contributed by atoms with van der Waals surface area (Å²) < 4.78 is 7.64. The van der Waals surface area contributed by atoms with Crippen molar-refractivity contribution in [2.45, 2.75) is 30.5 Å². The highest BCUT2D eigenvalue weighted by Gasteiger charge is 2.72. The summed E-state index contributed by atoms with van der Waals surface area (Å²) in [6.45, 7) is 2.07. The molecule has 0 radical (unpaired) electrons. The molecule has 0 saturated heterocycles. The number of halogens is 2. The second kappa shape index (κ2) is 6.31. The van der Waals surface area contributed by atoms with Crippen molar-refractivity contribution in [3.8, 4) is 5.75 Å². The Hall–Kier alpha value is -1.88. The standard InChI is InChI=1S/C23H19BrClNO2/c1-14-11-19(15-5-3-2-4-6-15)23(16-7-9-17(24)10-8-16)22(14,27)21-20(28-23)12-18(25)13-26-21/h2-10,12-14,19,27H,11H2,1H3/t14-,19+,22-,23+/m1/s1. The van der Waals surface area contributed by atoms with E-state index in [0.29, 0.717) is 16.5 Å². The number of rotatable bonds is 2. The van der Waals surface area contributed by atoms with E-state index in [4.69, 9.17) is 16.3 Å². The van der Waals surface area contributed by atoms with Crippen LogP contribution in [-0.2, 0) is 11.2 Å². The molecule has 2 aromatic carbocycles. The molecule has 0 amide bonds. The number of hydrogen-bond donors (Lipinski definition) is 1. The third-order valence-corrected chi connectivity index (χ3v) is 7.02. The van der Waals surface area contributed by atoms with Crippen molar-refractivity contribution in [1.29, 1.82) is 0 Å². The van der Waals surface area contributed by atoms with Crippen LogP contribution in [0.2, 0.25) is 5.02 Å². The number of hydrogen-bond acceptors (Lipinski definition) is 3. The van der Waals surface area contributed by atoms with E-state index in [0.717, 1.165) is 22.0 Å². The molecule has 0 spiro atoms. The van der Waals surface area contributed by atoms with Crippen LogP contribution in [-0.4, -0.2) is 10.1 Å². The summed E-state index contributed by atoms with van der Waals surface area (Å²) in [6.07, 6.45) is 2.38. The molecular weight excluding hydrogens is 438 g/mol. The Morgan fingerprint density at radius 1 is 1.14 bits per heavy atom. The van der Waals surface area contributed by atoms with Crippen LogP contribution in [0.1, 0.15) is 36.1 Å². The smallest absolute Gasteiger partial charge is 0.175 e. The van der Waals surface area contributed by atoms with Crippen molar-refractivity contribution in [3.05, 3.63) is 93.2 Å². The molecule has 0 bridgehead atoms. The molecule has 2 aliphatic rings. The number of ether oxygens (including phenoxy) is 1. The van der Waals surface area contributed by atoms with Gasteiger partial charge in [-0.15, -0.1) is 0 Å². The molecule has 3 nitrogen and oxygen atoms in total. The second-order valence-corrected chi connectivity index (χ2v) is 9.06. The second-order valence-electron chi connectivity index (χ2n) is 7.71. The molecule has 0 unspecified atom stereocenters. The lowest BCUT2D eigenvalue weighted by molar-refractivity contribution is -0.126. The van der Waals surface area contributed by atoms with E-state index in [1.807, 2.05) is 42.5 Å². The van der Waals surface area contributed by atoms with E-state index >= 15 is 0 Å². The van der Waals surface area contributed by atoms with Crippen LogP contribution in [0.4, 0.5) is 0 Å². The predicted octanol–water partition coefficient (Wildman–Crippen LogP) is 5.80. The molecule has 1 aliphatic heterocycles. The number of fused-ring (bicyclic) bond motifs is 3. The Kier molecular flexibility index (Phi) is 4.10. The number of aliphatic hydroxyl groups is 1. The largest absolute Gasteiger partial charge is 0.476 e. The normalized spacial score (nSPS) is 30.6. The van der Waals surface area contributed by atoms with Gasteiger partial charge in [-0.2, -0.15) is 0 Å². The van der Waals surface area contributed by atoms with Crippen molar-refractivity contribution in [3.63, 3.8) is 0 Å². The van der Waals surface area contributed by atoms with Gasteiger partial charge in [-0.3, -0.25) is 4.98 Å². The lowest BCUT2D eigenvalue weighted by atomic mass is 9.71. The summed E-state index contributed by atoms with van der Waals surface area (Å²) in [4.78, 5) is 4.52. The molecule has 5 heteroatoms. The van der Waals surface area contributed by atoms with Gasteiger partial charge in [0.05, 0.1) is 5.02 Å². The fourth-order valence-electron chi connectivity index (χ4n) is 5.07. The minimum atomic E-state index is -1.25. The fraction of sp³-hybridized carbons (Fsp3) is 0.261. The van der Waals surface area contributed by atoms with Gasteiger partial charge in [0.2, 0.25) is 0 Å². The van der Waals surface area contributed by atoms with E-state index in [2.05, 4.69) is 40.0 Å². The van der Waals surface area contributed by atoms with Gasteiger partial charge in [0.1, 0.15) is 11.4 Å². The molecular formula is C23H19BrClNO2.